The van der Waals surface area contributed by atoms with Crippen LogP contribution in [0.3, 0.4) is 0 Å². The van der Waals surface area contributed by atoms with E-state index in [0.717, 1.165) is 28.5 Å². The molecule has 1 saturated heterocycles. The van der Waals surface area contributed by atoms with Gasteiger partial charge in [-0.2, -0.15) is 0 Å². The van der Waals surface area contributed by atoms with Crippen molar-refractivity contribution in [2.75, 3.05) is 11.5 Å². The number of anilines is 1. The minimum atomic E-state index is -0.120. The maximum atomic E-state index is 6.16. The first-order chi connectivity index (χ1) is 16.2. The van der Waals surface area contributed by atoms with E-state index in [1.807, 2.05) is 67.7 Å². The lowest BCUT2D eigenvalue weighted by atomic mass is 10.0. The first-order valence-corrected chi connectivity index (χ1v) is 11.6. The number of aromatic nitrogens is 2. The SMILES string of the molecule is CCOc1ccc(-n2cccc2[C@H]2[C@H](c3ccccn3)NC(=S)N2c2ccc(Cl)cc2)cc1. The van der Waals surface area contributed by atoms with Crippen molar-refractivity contribution in [3.63, 3.8) is 0 Å². The van der Waals surface area contributed by atoms with Crippen LogP contribution in [0.5, 0.6) is 5.75 Å². The van der Waals surface area contributed by atoms with Gasteiger partial charge >= 0.3 is 0 Å². The van der Waals surface area contributed by atoms with Crippen molar-refractivity contribution in [3.8, 4) is 11.4 Å². The van der Waals surface area contributed by atoms with E-state index in [9.17, 15) is 0 Å². The van der Waals surface area contributed by atoms with Gasteiger partial charge in [0.1, 0.15) is 11.8 Å². The van der Waals surface area contributed by atoms with Gasteiger partial charge in [0.25, 0.3) is 0 Å². The number of ether oxygens (including phenoxy) is 1. The van der Waals surface area contributed by atoms with Crippen LogP contribution in [0.4, 0.5) is 5.69 Å². The highest BCUT2D eigenvalue weighted by molar-refractivity contribution is 7.80. The first-order valence-electron chi connectivity index (χ1n) is 10.8. The molecule has 33 heavy (non-hydrogen) atoms. The van der Waals surface area contributed by atoms with Crippen LogP contribution in [-0.4, -0.2) is 21.3 Å². The van der Waals surface area contributed by atoms with E-state index in [2.05, 4.69) is 50.2 Å². The van der Waals surface area contributed by atoms with E-state index in [1.165, 1.54) is 0 Å². The summed E-state index contributed by atoms with van der Waals surface area (Å²) in [6.45, 7) is 2.62. The van der Waals surface area contributed by atoms with E-state index in [1.54, 1.807) is 0 Å². The van der Waals surface area contributed by atoms with Crippen molar-refractivity contribution >= 4 is 34.6 Å². The molecule has 0 saturated carbocycles. The molecule has 3 heterocycles. The van der Waals surface area contributed by atoms with Crippen LogP contribution in [0.1, 0.15) is 30.4 Å². The zero-order chi connectivity index (χ0) is 22.8. The molecule has 4 aromatic rings. The maximum absolute atomic E-state index is 6.16. The van der Waals surface area contributed by atoms with Gasteiger partial charge < -0.3 is 19.5 Å². The molecule has 166 valence electrons. The smallest absolute Gasteiger partial charge is 0.174 e. The zero-order valence-electron chi connectivity index (χ0n) is 18.1. The van der Waals surface area contributed by atoms with Gasteiger partial charge in [0.15, 0.2) is 5.11 Å². The number of thiocarbonyl (C=S) groups is 1. The molecule has 0 radical (unpaired) electrons. The molecule has 0 spiro atoms. The molecular weight excluding hydrogens is 452 g/mol. The summed E-state index contributed by atoms with van der Waals surface area (Å²) < 4.78 is 7.81. The largest absolute Gasteiger partial charge is 0.494 e. The zero-order valence-corrected chi connectivity index (χ0v) is 19.6. The van der Waals surface area contributed by atoms with Gasteiger partial charge in [-0.15, -0.1) is 0 Å². The Balaban J connectivity index is 1.61. The fraction of sp³-hybridized carbons (Fsp3) is 0.154. The second-order valence-electron chi connectivity index (χ2n) is 7.70. The lowest BCUT2D eigenvalue weighted by Gasteiger charge is -2.29. The fourth-order valence-electron chi connectivity index (χ4n) is 4.28. The number of nitrogens with one attached hydrogen (secondary N) is 1. The quantitative estimate of drug-likeness (QED) is 0.342. The van der Waals surface area contributed by atoms with Crippen LogP contribution < -0.4 is 15.0 Å². The highest BCUT2D eigenvalue weighted by Gasteiger charge is 2.42. The number of pyridine rings is 1. The van der Waals surface area contributed by atoms with E-state index in [-0.39, 0.29) is 12.1 Å². The van der Waals surface area contributed by atoms with Gasteiger partial charge in [-0.1, -0.05) is 17.7 Å². The lowest BCUT2D eigenvalue weighted by Crippen LogP contribution is -2.30. The second-order valence-corrected chi connectivity index (χ2v) is 8.53. The van der Waals surface area contributed by atoms with Gasteiger partial charge in [0.2, 0.25) is 0 Å². The van der Waals surface area contributed by atoms with Crippen LogP contribution in [0, 0.1) is 0 Å². The molecular formula is C26H23ClN4OS. The van der Waals surface area contributed by atoms with Gasteiger partial charge in [-0.25, -0.2) is 0 Å². The van der Waals surface area contributed by atoms with Crippen molar-refractivity contribution in [1.29, 1.82) is 0 Å². The minimum Gasteiger partial charge on any atom is -0.494 e. The Hall–Kier alpha value is -3.35. The van der Waals surface area contributed by atoms with Crippen LogP contribution >= 0.6 is 23.8 Å². The number of halogens is 1. The monoisotopic (exact) mass is 474 g/mol. The lowest BCUT2D eigenvalue weighted by molar-refractivity contribution is 0.340. The Morgan fingerprint density at radius 3 is 2.42 bits per heavy atom. The third-order valence-electron chi connectivity index (χ3n) is 5.71. The highest BCUT2D eigenvalue weighted by atomic mass is 35.5. The standard InChI is InChI=1S/C26H23ClN4OS/c1-2-32-21-14-12-19(13-15-21)30-17-5-7-23(30)25-24(22-6-3-4-16-28-22)29-26(33)31(25)20-10-8-18(27)9-11-20/h3-17,24-25H,2H2,1H3,(H,29,33)/t24-,25-/m0/s1. The Morgan fingerprint density at radius 2 is 1.73 bits per heavy atom. The predicted molar refractivity (Wildman–Crippen MR) is 136 cm³/mol. The van der Waals surface area contributed by atoms with Gasteiger partial charge in [-0.3, -0.25) is 4.98 Å². The van der Waals surface area contributed by atoms with Crippen LogP contribution in [0.2, 0.25) is 5.02 Å². The average molecular weight is 475 g/mol. The number of rotatable bonds is 6. The van der Waals surface area contributed by atoms with Crippen molar-refractivity contribution in [1.82, 2.24) is 14.9 Å². The van der Waals surface area contributed by atoms with E-state index in [0.29, 0.717) is 16.7 Å². The topological polar surface area (TPSA) is 42.3 Å². The van der Waals surface area contributed by atoms with Gasteiger partial charge in [-0.05, 0) is 91.9 Å². The number of hydrogen-bond donors (Lipinski definition) is 1. The van der Waals surface area contributed by atoms with Crippen molar-refractivity contribution in [3.05, 3.63) is 108 Å². The molecule has 1 aliphatic rings. The Morgan fingerprint density at radius 1 is 0.970 bits per heavy atom. The molecule has 2 aromatic heterocycles. The molecule has 0 bridgehead atoms. The summed E-state index contributed by atoms with van der Waals surface area (Å²) in [5.41, 5.74) is 4.05. The molecule has 0 unspecified atom stereocenters. The molecule has 0 aliphatic carbocycles. The minimum absolute atomic E-state index is 0.116. The van der Waals surface area contributed by atoms with Gasteiger partial charge in [0, 0.05) is 34.5 Å². The summed E-state index contributed by atoms with van der Waals surface area (Å²) in [5.74, 6) is 0.854. The third kappa shape index (κ3) is 4.19. The molecule has 0 amide bonds. The fourth-order valence-corrected chi connectivity index (χ4v) is 4.75. The summed E-state index contributed by atoms with van der Waals surface area (Å²) in [7, 11) is 0. The van der Waals surface area contributed by atoms with E-state index < -0.39 is 0 Å². The third-order valence-corrected chi connectivity index (χ3v) is 6.28. The molecule has 5 rings (SSSR count). The van der Waals surface area contributed by atoms with Crippen LogP contribution in [-0.2, 0) is 0 Å². The maximum Gasteiger partial charge on any atom is 0.174 e. The van der Waals surface area contributed by atoms with Crippen molar-refractivity contribution in [2.45, 2.75) is 19.0 Å². The van der Waals surface area contributed by atoms with E-state index in [4.69, 9.17) is 28.6 Å². The number of hydrogen-bond acceptors (Lipinski definition) is 3. The number of benzene rings is 2. The van der Waals surface area contributed by atoms with Crippen LogP contribution in [0.15, 0.2) is 91.3 Å². The summed E-state index contributed by atoms with van der Waals surface area (Å²) in [6, 6.07) is 25.8. The predicted octanol–water partition coefficient (Wildman–Crippen LogP) is 6.10. The summed E-state index contributed by atoms with van der Waals surface area (Å²) in [5, 5.41) is 4.84. The summed E-state index contributed by atoms with van der Waals surface area (Å²) in [6.07, 6.45) is 3.88. The second kappa shape index (κ2) is 9.25. The normalized spacial score (nSPS) is 17.8. The molecule has 1 aliphatic heterocycles. The molecule has 7 heteroatoms. The Kier molecular flexibility index (Phi) is 6.03. The van der Waals surface area contributed by atoms with Crippen LogP contribution in [0.25, 0.3) is 5.69 Å². The Bertz CT molecular complexity index is 1240. The first kappa shape index (κ1) is 21.5. The average Bonchev–Trinajstić information content (AvgIpc) is 3.45. The number of nitrogens with zero attached hydrogens (tertiary/aromatic N) is 3. The molecule has 2 aromatic carbocycles. The molecule has 1 fully saturated rings. The summed E-state index contributed by atoms with van der Waals surface area (Å²) in [4.78, 5) is 6.78. The molecule has 5 nitrogen and oxygen atoms in total. The van der Waals surface area contributed by atoms with Crippen molar-refractivity contribution < 1.29 is 4.74 Å². The highest BCUT2D eigenvalue weighted by Crippen LogP contribution is 2.42. The van der Waals surface area contributed by atoms with E-state index >= 15 is 0 Å². The Labute approximate surface area is 203 Å². The molecule has 1 N–H and O–H groups in total. The summed E-state index contributed by atoms with van der Waals surface area (Å²) >= 11 is 12.0. The van der Waals surface area contributed by atoms with Crippen molar-refractivity contribution in [2.24, 2.45) is 0 Å². The van der Waals surface area contributed by atoms with Gasteiger partial charge in [0.05, 0.1) is 18.3 Å². The molecule has 2 atom stereocenters.